The van der Waals surface area contributed by atoms with Crippen LogP contribution in [0.1, 0.15) is 53.7 Å². The number of halogens is 1. The summed E-state index contributed by atoms with van der Waals surface area (Å²) in [5.41, 5.74) is 3.51. The van der Waals surface area contributed by atoms with Crippen LogP contribution in [-0.4, -0.2) is 29.2 Å². The molecule has 4 rings (SSSR count). The number of aryl methyl sites for hydroxylation is 2. The molecule has 2 fully saturated rings. The lowest BCUT2D eigenvalue weighted by molar-refractivity contribution is 0.122. The van der Waals surface area contributed by atoms with Crippen molar-refractivity contribution in [2.75, 3.05) is 7.05 Å². The Bertz CT molecular complexity index is 726. The Morgan fingerprint density at radius 1 is 1.22 bits per heavy atom. The molecule has 23 heavy (non-hydrogen) atoms. The topological polar surface area (TPSA) is 29.3 Å². The predicted octanol–water partition coefficient (Wildman–Crippen LogP) is 4.68. The molecule has 0 aliphatic carbocycles. The van der Waals surface area contributed by atoms with Crippen LogP contribution in [-0.2, 0) is 0 Å². The first-order valence-corrected chi connectivity index (χ1v) is 8.83. The summed E-state index contributed by atoms with van der Waals surface area (Å²) in [5, 5.41) is 4.99. The number of hydrogen-bond acceptors (Lipinski definition) is 3. The van der Waals surface area contributed by atoms with Crippen molar-refractivity contribution in [2.45, 2.75) is 57.0 Å². The highest BCUT2D eigenvalue weighted by molar-refractivity contribution is 6.31. The maximum absolute atomic E-state index is 6.23. The van der Waals surface area contributed by atoms with E-state index in [-0.39, 0.29) is 0 Å². The van der Waals surface area contributed by atoms with Crippen LogP contribution in [0.25, 0.3) is 0 Å². The van der Waals surface area contributed by atoms with Gasteiger partial charge < -0.3 is 4.52 Å². The first-order chi connectivity index (χ1) is 11.0. The molecule has 0 N–H and O–H groups in total. The molecule has 2 aromatic rings. The molecular formula is C19H23ClN2O. The second kappa shape index (κ2) is 5.64. The van der Waals surface area contributed by atoms with E-state index >= 15 is 0 Å². The third kappa shape index (κ3) is 2.50. The van der Waals surface area contributed by atoms with Crippen LogP contribution in [0.5, 0.6) is 0 Å². The van der Waals surface area contributed by atoms with Crippen molar-refractivity contribution in [2.24, 2.45) is 0 Å². The quantitative estimate of drug-likeness (QED) is 0.800. The minimum Gasteiger partial charge on any atom is -0.361 e. The van der Waals surface area contributed by atoms with Crippen LogP contribution in [0.15, 0.2) is 28.8 Å². The molecule has 2 saturated heterocycles. The van der Waals surface area contributed by atoms with Crippen LogP contribution in [0.4, 0.5) is 0 Å². The van der Waals surface area contributed by atoms with Crippen molar-refractivity contribution in [1.29, 1.82) is 0 Å². The Morgan fingerprint density at radius 3 is 2.74 bits per heavy atom. The van der Waals surface area contributed by atoms with Crippen LogP contribution < -0.4 is 0 Å². The van der Waals surface area contributed by atoms with E-state index in [0.29, 0.717) is 23.9 Å². The minimum atomic E-state index is 0.375. The Balaban J connectivity index is 1.77. The molecule has 2 bridgehead atoms. The summed E-state index contributed by atoms with van der Waals surface area (Å²) in [6.07, 6.45) is 3.71. The van der Waals surface area contributed by atoms with E-state index in [2.05, 4.69) is 42.2 Å². The van der Waals surface area contributed by atoms with E-state index in [0.717, 1.165) is 22.0 Å². The average Bonchev–Trinajstić information content (AvgIpc) is 3.03. The molecular weight excluding hydrogens is 308 g/mol. The third-order valence-electron chi connectivity index (χ3n) is 5.85. The van der Waals surface area contributed by atoms with Gasteiger partial charge in [-0.3, -0.25) is 4.90 Å². The van der Waals surface area contributed by atoms with Gasteiger partial charge in [0.25, 0.3) is 0 Å². The van der Waals surface area contributed by atoms with Crippen molar-refractivity contribution in [1.82, 2.24) is 10.1 Å². The van der Waals surface area contributed by atoms with Crippen LogP contribution in [0, 0.1) is 13.8 Å². The molecule has 0 saturated carbocycles. The maximum Gasteiger partial charge on any atom is 0.142 e. The molecule has 3 nitrogen and oxygen atoms in total. The SMILES string of the molecule is Cc1cc([C@@H]2C3CC[C@H](C[C@@H]2c2ccc(Cl)c(C)c2)N3C)on1. The largest absolute Gasteiger partial charge is 0.361 e. The van der Waals surface area contributed by atoms with Gasteiger partial charge in [0, 0.05) is 29.1 Å². The fourth-order valence-electron chi connectivity index (χ4n) is 4.64. The molecule has 122 valence electrons. The number of piperidine rings is 1. The first kappa shape index (κ1) is 15.2. The van der Waals surface area contributed by atoms with Gasteiger partial charge in [0.15, 0.2) is 0 Å². The summed E-state index contributed by atoms with van der Waals surface area (Å²) in [6, 6.07) is 9.83. The normalized spacial score (nSPS) is 30.8. The van der Waals surface area contributed by atoms with E-state index < -0.39 is 0 Å². The van der Waals surface area contributed by atoms with Crippen molar-refractivity contribution < 1.29 is 4.52 Å². The van der Waals surface area contributed by atoms with E-state index in [4.69, 9.17) is 16.1 Å². The highest BCUT2D eigenvalue weighted by Crippen LogP contribution is 2.51. The van der Waals surface area contributed by atoms with Gasteiger partial charge in [-0.15, -0.1) is 0 Å². The molecule has 0 radical (unpaired) electrons. The molecule has 0 amide bonds. The summed E-state index contributed by atoms with van der Waals surface area (Å²) < 4.78 is 5.71. The predicted molar refractivity (Wildman–Crippen MR) is 92.1 cm³/mol. The molecule has 1 unspecified atom stereocenters. The fraction of sp³-hybridized carbons (Fsp3) is 0.526. The van der Waals surface area contributed by atoms with E-state index in [1.165, 1.54) is 24.8 Å². The Kier molecular flexibility index (Phi) is 3.73. The minimum absolute atomic E-state index is 0.375. The van der Waals surface area contributed by atoms with Crippen molar-refractivity contribution in [3.63, 3.8) is 0 Å². The van der Waals surface area contributed by atoms with Gasteiger partial charge in [0.1, 0.15) is 5.76 Å². The molecule has 2 aliphatic rings. The number of rotatable bonds is 2. The van der Waals surface area contributed by atoms with E-state index in [9.17, 15) is 0 Å². The first-order valence-electron chi connectivity index (χ1n) is 8.46. The lowest BCUT2D eigenvalue weighted by Gasteiger charge is -2.42. The summed E-state index contributed by atoms with van der Waals surface area (Å²) >= 11 is 6.23. The molecule has 3 heterocycles. The smallest absolute Gasteiger partial charge is 0.142 e. The van der Waals surface area contributed by atoms with Gasteiger partial charge in [-0.25, -0.2) is 0 Å². The van der Waals surface area contributed by atoms with E-state index in [1.807, 2.05) is 13.0 Å². The van der Waals surface area contributed by atoms with Crippen LogP contribution in [0.3, 0.4) is 0 Å². The number of hydrogen-bond donors (Lipinski definition) is 0. The summed E-state index contributed by atoms with van der Waals surface area (Å²) in [7, 11) is 2.27. The van der Waals surface area contributed by atoms with Gasteiger partial charge in [0.2, 0.25) is 0 Å². The number of nitrogens with zero attached hydrogens (tertiary/aromatic N) is 2. The molecule has 1 aromatic heterocycles. The van der Waals surface area contributed by atoms with Crippen molar-refractivity contribution in [3.05, 3.63) is 51.9 Å². The van der Waals surface area contributed by atoms with Gasteiger partial charge in [-0.2, -0.15) is 0 Å². The lowest BCUT2D eigenvalue weighted by Crippen LogP contribution is -2.44. The summed E-state index contributed by atoms with van der Waals surface area (Å²) in [4.78, 5) is 2.56. The van der Waals surface area contributed by atoms with Crippen LogP contribution >= 0.6 is 11.6 Å². The highest BCUT2D eigenvalue weighted by Gasteiger charge is 2.48. The third-order valence-corrected chi connectivity index (χ3v) is 6.28. The van der Waals surface area contributed by atoms with Gasteiger partial charge in [0.05, 0.1) is 5.69 Å². The summed E-state index contributed by atoms with van der Waals surface area (Å²) in [6.45, 7) is 4.08. The van der Waals surface area contributed by atoms with Crippen molar-refractivity contribution in [3.8, 4) is 0 Å². The molecule has 0 spiro atoms. The monoisotopic (exact) mass is 330 g/mol. The van der Waals surface area contributed by atoms with Gasteiger partial charge in [-0.1, -0.05) is 28.9 Å². The van der Waals surface area contributed by atoms with Gasteiger partial charge in [-0.05, 0) is 63.3 Å². The van der Waals surface area contributed by atoms with Crippen molar-refractivity contribution >= 4 is 11.6 Å². The number of likely N-dealkylation sites (N-methyl/N-ethyl adjacent to an activating group) is 1. The summed E-state index contributed by atoms with van der Waals surface area (Å²) in [5.74, 6) is 1.89. The second-order valence-corrected chi connectivity index (χ2v) is 7.62. The lowest BCUT2D eigenvalue weighted by atomic mass is 9.74. The maximum atomic E-state index is 6.23. The zero-order valence-corrected chi connectivity index (χ0v) is 14.7. The molecule has 4 atom stereocenters. The fourth-order valence-corrected chi connectivity index (χ4v) is 4.75. The Labute approximate surface area is 142 Å². The Hall–Kier alpha value is -1.32. The van der Waals surface area contributed by atoms with E-state index in [1.54, 1.807) is 0 Å². The molecule has 2 aliphatic heterocycles. The second-order valence-electron chi connectivity index (χ2n) is 7.21. The number of aromatic nitrogens is 1. The zero-order valence-electron chi connectivity index (χ0n) is 13.9. The average molecular weight is 331 g/mol. The zero-order chi connectivity index (χ0) is 16.1. The molecule has 4 heteroatoms. The highest BCUT2D eigenvalue weighted by atomic mass is 35.5. The number of fused-ring (bicyclic) bond motifs is 2. The van der Waals surface area contributed by atoms with Gasteiger partial charge >= 0.3 is 0 Å². The number of benzene rings is 1. The van der Waals surface area contributed by atoms with Crippen LogP contribution in [0.2, 0.25) is 5.02 Å². The Morgan fingerprint density at radius 2 is 2.04 bits per heavy atom. The molecule has 1 aromatic carbocycles. The standard InChI is InChI=1S/C19H23ClN2O/c1-11-8-13(4-6-16(11)20)15-10-14-5-7-17(22(14)3)19(15)18-9-12(2)21-23-18/h4,6,8-9,14-15,17,19H,5,7,10H2,1-3H3/t14-,15-,17?,19+/m1/s1.